The highest BCUT2D eigenvalue weighted by Gasteiger charge is 2.22. The molecule has 0 saturated carbocycles. The summed E-state index contributed by atoms with van der Waals surface area (Å²) in [5.41, 5.74) is 6.28. The molecule has 136 valence electrons. The van der Waals surface area contributed by atoms with Gasteiger partial charge in [0.1, 0.15) is 12.1 Å². The van der Waals surface area contributed by atoms with Gasteiger partial charge < -0.3 is 5.32 Å². The number of carbonyl (C=O) groups is 1. The van der Waals surface area contributed by atoms with Gasteiger partial charge in [-0.1, -0.05) is 19.1 Å². The third-order valence-corrected chi connectivity index (χ3v) is 4.59. The molecule has 1 aliphatic rings. The number of hydrogen-bond acceptors (Lipinski definition) is 6. The van der Waals surface area contributed by atoms with E-state index in [1.54, 1.807) is 12.5 Å². The molecule has 3 heterocycles. The van der Waals surface area contributed by atoms with Gasteiger partial charge in [0, 0.05) is 48.1 Å². The lowest BCUT2D eigenvalue weighted by molar-refractivity contribution is -0.121. The molecule has 0 radical (unpaired) electrons. The molecule has 0 fully saturated rings. The Morgan fingerprint density at radius 3 is 2.93 bits per heavy atom. The van der Waals surface area contributed by atoms with E-state index >= 15 is 0 Å². The average molecular weight is 360 g/mol. The number of hydrazone groups is 1. The molecule has 0 aliphatic carbocycles. The zero-order valence-electron chi connectivity index (χ0n) is 15.0. The van der Waals surface area contributed by atoms with Gasteiger partial charge in [0.15, 0.2) is 0 Å². The molecular weight excluding hydrogens is 340 g/mol. The number of aromatic nitrogens is 3. The number of nitrogens with one attached hydrogen (secondary N) is 2. The first-order valence-corrected chi connectivity index (χ1v) is 8.96. The van der Waals surface area contributed by atoms with Gasteiger partial charge in [-0.15, -0.1) is 0 Å². The molecule has 2 aromatic heterocycles. The molecule has 7 heteroatoms. The van der Waals surface area contributed by atoms with Crippen LogP contribution < -0.4 is 10.7 Å². The molecule has 1 amide bonds. The van der Waals surface area contributed by atoms with Crippen molar-refractivity contribution in [2.45, 2.75) is 19.8 Å². The number of benzene rings is 1. The summed E-state index contributed by atoms with van der Waals surface area (Å²) >= 11 is 0. The van der Waals surface area contributed by atoms with Crippen molar-refractivity contribution in [3.8, 4) is 0 Å². The van der Waals surface area contributed by atoms with Crippen LogP contribution in [0, 0.1) is 5.92 Å². The Morgan fingerprint density at radius 2 is 2.11 bits per heavy atom. The van der Waals surface area contributed by atoms with E-state index in [0.717, 1.165) is 46.7 Å². The van der Waals surface area contributed by atoms with Gasteiger partial charge >= 0.3 is 0 Å². The molecule has 0 saturated heterocycles. The quantitative estimate of drug-likeness (QED) is 0.729. The maximum Gasteiger partial charge on any atom is 0.240 e. The van der Waals surface area contributed by atoms with E-state index in [-0.39, 0.29) is 11.8 Å². The highest BCUT2D eigenvalue weighted by atomic mass is 16.2. The number of rotatable bonds is 5. The summed E-state index contributed by atoms with van der Waals surface area (Å²) in [5, 5.41) is 8.55. The van der Waals surface area contributed by atoms with Crippen molar-refractivity contribution < 1.29 is 4.79 Å². The van der Waals surface area contributed by atoms with E-state index in [2.05, 4.69) is 30.8 Å². The smallest absolute Gasteiger partial charge is 0.240 e. The summed E-state index contributed by atoms with van der Waals surface area (Å²) in [5.74, 6) is 0.831. The monoisotopic (exact) mass is 360 g/mol. The van der Waals surface area contributed by atoms with E-state index in [1.807, 2.05) is 43.3 Å². The van der Waals surface area contributed by atoms with E-state index in [0.29, 0.717) is 6.42 Å². The molecule has 1 unspecified atom stereocenters. The van der Waals surface area contributed by atoms with Crippen molar-refractivity contribution in [2.24, 2.45) is 11.0 Å². The van der Waals surface area contributed by atoms with Crippen molar-refractivity contribution in [1.82, 2.24) is 20.4 Å². The number of anilines is 1. The van der Waals surface area contributed by atoms with Gasteiger partial charge in [-0.2, -0.15) is 5.10 Å². The normalized spacial score (nSPS) is 16.7. The van der Waals surface area contributed by atoms with E-state index in [4.69, 9.17) is 0 Å². The second-order valence-electron chi connectivity index (χ2n) is 6.59. The van der Waals surface area contributed by atoms with E-state index < -0.39 is 0 Å². The summed E-state index contributed by atoms with van der Waals surface area (Å²) in [4.78, 5) is 24.6. The Balaban J connectivity index is 1.54. The second kappa shape index (κ2) is 7.49. The van der Waals surface area contributed by atoms with Crippen molar-refractivity contribution in [1.29, 1.82) is 0 Å². The van der Waals surface area contributed by atoms with Crippen LogP contribution >= 0.6 is 0 Å². The molecule has 2 N–H and O–H groups in total. The van der Waals surface area contributed by atoms with Crippen molar-refractivity contribution in [2.75, 3.05) is 11.9 Å². The lowest BCUT2D eigenvalue weighted by Crippen LogP contribution is -2.31. The fourth-order valence-corrected chi connectivity index (χ4v) is 3.21. The largest absolute Gasteiger partial charge is 0.369 e. The van der Waals surface area contributed by atoms with Crippen LogP contribution in [0.15, 0.2) is 54.0 Å². The third-order valence-electron chi connectivity index (χ3n) is 4.59. The zero-order valence-corrected chi connectivity index (χ0v) is 15.0. The lowest BCUT2D eigenvalue weighted by atomic mass is 9.93. The number of pyridine rings is 1. The summed E-state index contributed by atoms with van der Waals surface area (Å²) < 4.78 is 0. The average Bonchev–Trinajstić information content (AvgIpc) is 2.68. The Hall–Kier alpha value is -3.35. The molecular formula is C20H20N6O. The third kappa shape index (κ3) is 3.76. The summed E-state index contributed by atoms with van der Waals surface area (Å²) in [7, 11) is 0. The highest BCUT2D eigenvalue weighted by molar-refractivity contribution is 6.07. The molecule has 1 aromatic carbocycles. The van der Waals surface area contributed by atoms with E-state index in [1.165, 1.54) is 0 Å². The maximum absolute atomic E-state index is 11.5. The van der Waals surface area contributed by atoms with Crippen LogP contribution in [0.1, 0.15) is 24.6 Å². The highest BCUT2D eigenvalue weighted by Crippen LogP contribution is 2.23. The summed E-state index contributed by atoms with van der Waals surface area (Å²) in [6.45, 7) is 2.74. The first-order valence-electron chi connectivity index (χ1n) is 8.96. The Morgan fingerprint density at radius 1 is 1.19 bits per heavy atom. The number of nitrogens with zero attached hydrogens (tertiary/aromatic N) is 4. The van der Waals surface area contributed by atoms with Gasteiger partial charge in [-0.05, 0) is 24.3 Å². The molecule has 1 aliphatic heterocycles. The van der Waals surface area contributed by atoms with Crippen LogP contribution in [0.3, 0.4) is 0 Å². The molecule has 0 bridgehead atoms. The number of fused-ring (bicyclic) bond motifs is 1. The van der Waals surface area contributed by atoms with Crippen LogP contribution in [0.5, 0.6) is 0 Å². The van der Waals surface area contributed by atoms with Gasteiger partial charge in [-0.3, -0.25) is 9.78 Å². The van der Waals surface area contributed by atoms with Crippen molar-refractivity contribution in [3.63, 3.8) is 0 Å². The van der Waals surface area contributed by atoms with Crippen LogP contribution in [0.25, 0.3) is 10.9 Å². The minimum absolute atomic E-state index is 0.0474. The maximum atomic E-state index is 11.5. The minimum Gasteiger partial charge on any atom is -0.369 e. The van der Waals surface area contributed by atoms with Crippen molar-refractivity contribution >= 4 is 28.3 Å². The van der Waals surface area contributed by atoms with Crippen molar-refractivity contribution in [3.05, 3.63) is 60.2 Å². The standard InChI is InChI=1S/C20H20N6O/c1-13-10-18(27)25-26-19(13)14-5-6-16-17(11-14)23-12-24-20(16)22-9-7-15-4-2-3-8-21-15/h2-6,8,11-13H,7,9-10H2,1H3,(H,25,27)(H,22,23,24). The Bertz CT molecular complexity index is 1000. The first-order chi connectivity index (χ1) is 13.2. The topological polar surface area (TPSA) is 92.2 Å². The van der Waals surface area contributed by atoms with Crippen LogP contribution in [-0.2, 0) is 11.2 Å². The fraction of sp³-hybridized carbons (Fsp3) is 0.250. The SMILES string of the molecule is CC1CC(=O)NN=C1c1ccc2c(NCCc3ccccn3)ncnc2c1. The first kappa shape index (κ1) is 17.1. The molecule has 1 atom stereocenters. The molecule has 4 rings (SSSR count). The number of hydrogen-bond donors (Lipinski definition) is 2. The fourth-order valence-electron chi connectivity index (χ4n) is 3.21. The van der Waals surface area contributed by atoms with Gasteiger partial charge in [-0.25, -0.2) is 15.4 Å². The second-order valence-corrected chi connectivity index (χ2v) is 6.59. The van der Waals surface area contributed by atoms with Crippen LogP contribution in [0.4, 0.5) is 5.82 Å². The Kier molecular flexibility index (Phi) is 4.74. The molecule has 3 aromatic rings. The van der Waals surface area contributed by atoms with E-state index in [9.17, 15) is 4.79 Å². The molecule has 0 spiro atoms. The zero-order chi connectivity index (χ0) is 18.6. The molecule has 7 nitrogen and oxygen atoms in total. The summed E-state index contributed by atoms with van der Waals surface area (Å²) in [6, 6.07) is 11.9. The Labute approximate surface area is 157 Å². The van der Waals surface area contributed by atoms with Crippen LogP contribution in [0.2, 0.25) is 0 Å². The van der Waals surface area contributed by atoms with Crippen LogP contribution in [-0.4, -0.2) is 33.1 Å². The van der Waals surface area contributed by atoms with Gasteiger partial charge in [0.25, 0.3) is 0 Å². The van der Waals surface area contributed by atoms with Gasteiger partial charge in [0.2, 0.25) is 5.91 Å². The molecule has 27 heavy (non-hydrogen) atoms. The van der Waals surface area contributed by atoms with Gasteiger partial charge in [0.05, 0.1) is 11.2 Å². The number of amides is 1. The lowest BCUT2D eigenvalue weighted by Gasteiger charge is -2.19. The number of carbonyl (C=O) groups excluding carboxylic acids is 1. The predicted octanol–water partition coefficient (Wildman–Crippen LogP) is 2.54. The predicted molar refractivity (Wildman–Crippen MR) is 104 cm³/mol. The minimum atomic E-state index is -0.0474. The summed E-state index contributed by atoms with van der Waals surface area (Å²) in [6.07, 6.45) is 4.62.